The van der Waals surface area contributed by atoms with E-state index in [1.165, 1.54) is 7.11 Å². The molecule has 8 nitrogen and oxygen atoms in total. The number of carbonyl (C=O) groups is 3. The number of aliphatic carboxylic acids is 1. The lowest BCUT2D eigenvalue weighted by molar-refractivity contribution is -0.146. The number of carbonyl (C=O) groups excluding carboxylic acids is 2. The number of methoxy groups -OCH3 is 1. The molecule has 1 atom stereocenters. The van der Waals surface area contributed by atoms with Crippen LogP contribution in [0.5, 0.6) is 0 Å². The van der Waals surface area contributed by atoms with Crippen LogP contribution in [0.1, 0.15) is 19.8 Å². The molecule has 1 rings (SSSR count). The van der Waals surface area contributed by atoms with Crippen LogP contribution in [0.2, 0.25) is 0 Å². The molecule has 1 saturated heterocycles. The summed E-state index contributed by atoms with van der Waals surface area (Å²) >= 11 is 0. The smallest absolute Gasteiger partial charge is 0.326 e. The Kier molecular flexibility index (Phi) is 5.90. The number of nitrogens with one attached hydrogen (secondary N) is 2. The lowest BCUT2D eigenvalue weighted by Crippen LogP contribution is -2.60. The lowest BCUT2D eigenvalue weighted by atomic mass is 10.0. The van der Waals surface area contributed by atoms with Crippen LogP contribution in [0.15, 0.2) is 0 Å². The number of carboxylic acid groups (broad SMARTS) is 1. The van der Waals surface area contributed by atoms with Crippen molar-refractivity contribution >= 4 is 17.8 Å². The van der Waals surface area contributed by atoms with Gasteiger partial charge in [0.2, 0.25) is 5.91 Å². The monoisotopic (exact) mass is 288 g/mol. The zero-order valence-corrected chi connectivity index (χ0v) is 11.6. The summed E-state index contributed by atoms with van der Waals surface area (Å²) in [7, 11) is 1.22. The van der Waals surface area contributed by atoms with Crippen LogP contribution in [0.3, 0.4) is 0 Å². The van der Waals surface area contributed by atoms with Crippen molar-refractivity contribution in [1.82, 2.24) is 10.6 Å². The summed E-state index contributed by atoms with van der Waals surface area (Å²) in [6.45, 7) is 2.97. The average molecular weight is 288 g/mol. The maximum atomic E-state index is 11.6. The van der Waals surface area contributed by atoms with Crippen LogP contribution in [0, 0.1) is 0 Å². The first kappa shape index (κ1) is 16.4. The van der Waals surface area contributed by atoms with Crippen LogP contribution >= 0.6 is 0 Å². The van der Waals surface area contributed by atoms with Crippen molar-refractivity contribution in [3.63, 3.8) is 0 Å². The van der Waals surface area contributed by atoms with Crippen LogP contribution in [-0.4, -0.2) is 61.4 Å². The standard InChI is InChI=1S/C12H20N2O6/c1-12(6-13-7-12)20-5-9(15)14-8(11(17)18)3-4-10(16)19-2/h8,13H,3-7H2,1-2H3,(H,14,15)(H,17,18)/t8-/m1/s1. The first-order chi connectivity index (χ1) is 9.36. The van der Waals surface area contributed by atoms with Gasteiger partial charge in [0.1, 0.15) is 12.6 Å². The van der Waals surface area contributed by atoms with E-state index in [0.717, 1.165) is 0 Å². The van der Waals surface area contributed by atoms with E-state index < -0.39 is 23.9 Å². The molecule has 1 heterocycles. The molecule has 1 aliphatic heterocycles. The minimum Gasteiger partial charge on any atom is -0.480 e. The van der Waals surface area contributed by atoms with Crippen molar-refractivity contribution < 1.29 is 29.0 Å². The summed E-state index contributed by atoms with van der Waals surface area (Å²) in [5.74, 6) is -2.23. The number of carboxylic acids is 1. The van der Waals surface area contributed by atoms with E-state index in [2.05, 4.69) is 15.4 Å². The highest BCUT2D eigenvalue weighted by Gasteiger charge is 2.33. The van der Waals surface area contributed by atoms with Gasteiger partial charge in [-0.2, -0.15) is 0 Å². The number of rotatable bonds is 8. The van der Waals surface area contributed by atoms with Crippen molar-refractivity contribution in [2.75, 3.05) is 26.8 Å². The predicted molar refractivity (Wildman–Crippen MR) is 68.0 cm³/mol. The third kappa shape index (κ3) is 5.14. The topological polar surface area (TPSA) is 114 Å². The second-order valence-corrected chi connectivity index (χ2v) is 4.92. The fourth-order valence-electron chi connectivity index (χ4n) is 1.68. The van der Waals surface area contributed by atoms with Crippen molar-refractivity contribution in [3.8, 4) is 0 Å². The first-order valence-corrected chi connectivity index (χ1v) is 6.30. The molecule has 1 amide bonds. The maximum Gasteiger partial charge on any atom is 0.326 e. The molecule has 114 valence electrons. The largest absolute Gasteiger partial charge is 0.480 e. The SMILES string of the molecule is COC(=O)CC[C@@H](NC(=O)COC1(C)CNC1)C(=O)O. The van der Waals surface area contributed by atoms with E-state index >= 15 is 0 Å². The fourth-order valence-corrected chi connectivity index (χ4v) is 1.68. The summed E-state index contributed by atoms with van der Waals surface area (Å²) in [6, 6.07) is -1.13. The van der Waals surface area contributed by atoms with Gasteiger partial charge in [0.05, 0.1) is 12.7 Å². The molecular formula is C12H20N2O6. The molecule has 0 unspecified atom stereocenters. The van der Waals surface area contributed by atoms with Gasteiger partial charge in [-0.3, -0.25) is 9.59 Å². The van der Waals surface area contributed by atoms with Gasteiger partial charge in [0.25, 0.3) is 0 Å². The molecule has 0 spiro atoms. The first-order valence-electron chi connectivity index (χ1n) is 6.30. The quantitative estimate of drug-likeness (QED) is 0.485. The van der Waals surface area contributed by atoms with E-state index in [1.54, 1.807) is 0 Å². The molecule has 0 aromatic carbocycles. The highest BCUT2D eigenvalue weighted by Crippen LogP contribution is 2.14. The van der Waals surface area contributed by atoms with Crippen LogP contribution in [0.4, 0.5) is 0 Å². The number of amides is 1. The van der Waals surface area contributed by atoms with Gasteiger partial charge in [0.15, 0.2) is 0 Å². The number of esters is 1. The van der Waals surface area contributed by atoms with E-state index in [0.29, 0.717) is 13.1 Å². The molecule has 0 aromatic heterocycles. The molecule has 8 heteroatoms. The van der Waals surface area contributed by atoms with E-state index in [-0.39, 0.29) is 25.0 Å². The maximum absolute atomic E-state index is 11.6. The Morgan fingerprint density at radius 2 is 2.05 bits per heavy atom. The van der Waals surface area contributed by atoms with E-state index in [4.69, 9.17) is 9.84 Å². The summed E-state index contributed by atoms with van der Waals surface area (Å²) in [5.41, 5.74) is -0.373. The Morgan fingerprint density at radius 3 is 2.50 bits per heavy atom. The minimum atomic E-state index is -1.20. The van der Waals surface area contributed by atoms with Gasteiger partial charge < -0.3 is 25.2 Å². The molecule has 0 bridgehead atoms. The van der Waals surface area contributed by atoms with Crippen molar-refractivity contribution in [2.45, 2.75) is 31.4 Å². The minimum absolute atomic E-state index is 0.0213. The lowest BCUT2D eigenvalue weighted by Gasteiger charge is -2.38. The third-order valence-electron chi connectivity index (χ3n) is 3.05. The van der Waals surface area contributed by atoms with Crippen LogP contribution < -0.4 is 10.6 Å². The Labute approximate surface area is 116 Å². The molecule has 0 radical (unpaired) electrons. The second-order valence-electron chi connectivity index (χ2n) is 4.92. The Morgan fingerprint density at radius 1 is 1.40 bits per heavy atom. The Balaban J connectivity index is 2.34. The summed E-state index contributed by atoms with van der Waals surface area (Å²) < 4.78 is 9.82. The molecule has 20 heavy (non-hydrogen) atoms. The zero-order valence-electron chi connectivity index (χ0n) is 11.6. The van der Waals surface area contributed by atoms with Gasteiger partial charge in [-0.15, -0.1) is 0 Å². The van der Waals surface area contributed by atoms with Crippen molar-refractivity contribution in [2.24, 2.45) is 0 Å². The molecule has 1 aliphatic rings. The fraction of sp³-hybridized carbons (Fsp3) is 0.750. The number of hydrogen-bond acceptors (Lipinski definition) is 6. The van der Waals surface area contributed by atoms with Gasteiger partial charge in [-0.1, -0.05) is 0 Å². The van der Waals surface area contributed by atoms with Crippen LogP contribution in [-0.2, 0) is 23.9 Å². The summed E-state index contributed by atoms with van der Waals surface area (Å²) in [4.78, 5) is 33.6. The van der Waals surface area contributed by atoms with Crippen molar-refractivity contribution in [3.05, 3.63) is 0 Å². The predicted octanol–water partition coefficient (Wildman–Crippen LogP) is -1.11. The van der Waals surface area contributed by atoms with E-state index in [9.17, 15) is 14.4 Å². The Bertz CT molecular complexity index is 380. The van der Waals surface area contributed by atoms with Crippen LogP contribution in [0.25, 0.3) is 0 Å². The average Bonchev–Trinajstić information content (AvgIpc) is 2.38. The van der Waals surface area contributed by atoms with Gasteiger partial charge in [-0.25, -0.2) is 4.79 Å². The number of ether oxygens (including phenoxy) is 2. The summed E-state index contributed by atoms with van der Waals surface area (Å²) in [6.07, 6.45) is -0.0944. The molecule has 1 fully saturated rings. The number of hydrogen-bond donors (Lipinski definition) is 3. The Hall–Kier alpha value is -1.67. The molecule has 0 aliphatic carbocycles. The molecular weight excluding hydrogens is 268 g/mol. The van der Waals surface area contributed by atoms with Gasteiger partial charge in [0, 0.05) is 19.5 Å². The van der Waals surface area contributed by atoms with Gasteiger partial charge in [-0.05, 0) is 13.3 Å². The van der Waals surface area contributed by atoms with Crippen molar-refractivity contribution in [1.29, 1.82) is 0 Å². The second kappa shape index (κ2) is 7.20. The highest BCUT2D eigenvalue weighted by molar-refractivity contribution is 5.84. The van der Waals surface area contributed by atoms with Gasteiger partial charge >= 0.3 is 11.9 Å². The molecule has 0 saturated carbocycles. The molecule has 3 N–H and O–H groups in total. The molecule has 0 aromatic rings. The zero-order chi connectivity index (χ0) is 15.2. The summed E-state index contributed by atoms with van der Waals surface area (Å²) in [5, 5.41) is 14.3. The normalized spacial score (nSPS) is 17.7. The highest BCUT2D eigenvalue weighted by atomic mass is 16.5. The van der Waals surface area contributed by atoms with E-state index in [1.807, 2.05) is 6.92 Å². The third-order valence-corrected chi connectivity index (χ3v) is 3.05.